The highest BCUT2D eigenvalue weighted by Crippen LogP contribution is 2.11. The smallest absolute Gasteiger partial charge is 0.0665 e. The van der Waals surface area contributed by atoms with Crippen LogP contribution in [0, 0.1) is 0 Å². The maximum atomic E-state index is 5.78. The Morgan fingerprint density at radius 2 is 2.25 bits per heavy atom. The van der Waals surface area contributed by atoms with Gasteiger partial charge in [0.2, 0.25) is 0 Å². The summed E-state index contributed by atoms with van der Waals surface area (Å²) >= 11 is 0. The second-order valence-electron chi connectivity index (χ2n) is 2.91. The van der Waals surface area contributed by atoms with Crippen LogP contribution in [-0.2, 0) is 0 Å². The molecule has 2 rings (SSSR count). The summed E-state index contributed by atoms with van der Waals surface area (Å²) in [6, 6.07) is 7.99. The Kier molecular flexibility index (Phi) is 1.59. The lowest BCUT2D eigenvalue weighted by atomic mass is 10.2. The SMILES string of the molecule is C[C@@H](N)c1cccc2ccnn12. The standard InChI is InChI=1S/C9H11N3/c1-7(10)9-4-2-3-8-5-6-11-12(8)9/h2-7H,10H2,1H3/t7-/m1/s1. The van der Waals surface area contributed by atoms with E-state index in [0.717, 1.165) is 11.2 Å². The maximum Gasteiger partial charge on any atom is 0.0665 e. The van der Waals surface area contributed by atoms with Gasteiger partial charge < -0.3 is 5.73 Å². The van der Waals surface area contributed by atoms with Crippen LogP contribution < -0.4 is 5.73 Å². The van der Waals surface area contributed by atoms with Crippen molar-refractivity contribution in [1.29, 1.82) is 0 Å². The van der Waals surface area contributed by atoms with Crippen LogP contribution in [0.2, 0.25) is 0 Å². The van der Waals surface area contributed by atoms with Crippen molar-refractivity contribution in [3.63, 3.8) is 0 Å². The highest BCUT2D eigenvalue weighted by atomic mass is 15.2. The molecule has 12 heavy (non-hydrogen) atoms. The summed E-state index contributed by atoms with van der Waals surface area (Å²) in [4.78, 5) is 0. The lowest BCUT2D eigenvalue weighted by Crippen LogP contribution is -2.10. The zero-order chi connectivity index (χ0) is 8.55. The first-order chi connectivity index (χ1) is 5.79. The lowest BCUT2D eigenvalue weighted by molar-refractivity contribution is 0.729. The molecule has 0 saturated heterocycles. The molecule has 0 amide bonds. The molecule has 2 aromatic heterocycles. The van der Waals surface area contributed by atoms with Crippen molar-refractivity contribution >= 4 is 5.52 Å². The van der Waals surface area contributed by atoms with E-state index < -0.39 is 0 Å². The lowest BCUT2D eigenvalue weighted by Gasteiger charge is -2.07. The summed E-state index contributed by atoms with van der Waals surface area (Å²) in [6.07, 6.45) is 1.78. The van der Waals surface area contributed by atoms with E-state index in [1.165, 1.54) is 0 Å². The number of pyridine rings is 1. The van der Waals surface area contributed by atoms with Crippen LogP contribution >= 0.6 is 0 Å². The van der Waals surface area contributed by atoms with Crippen LogP contribution in [0.15, 0.2) is 30.5 Å². The normalized spacial score (nSPS) is 13.5. The van der Waals surface area contributed by atoms with Crippen LogP contribution in [-0.4, -0.2) is 9.61 Å². The van der Waals surface area contributed by atoms with E-state index in [0.29, 0.717) is 0 Å². The van der Waals surface area contributed by atoms with Crippen molar-refractivity contribution < 1.29 is 0 Å². The fourth-order valence-corrected chi connectivity index (χ4v) is 1.32. The molecule has 1 atom stereocenters. The van der Waals surface area contributed by atoms with E-state index in [4.69, 9.17) is 5.73 Å². The van der Waals surface area contributed by atoms with Gasteiger partial charge in [0.05, 0.1) is 11.2 Å². The minimum atomic E-state index is 0.0219. The van der Waals surface area contributed by atoms with Crippen molar-refractivity contribution in [3.05, 3.63) is 36.2 Å². The number of hydrogen-bond donors (Lipinski definition) is 1. The third-order valence-corrected chi connectivity index (χ3v) is 1.92. The average Bonchev–Trinajstić information content (AvgIpc) is 2.49. The van der Waals surface area contributed by atoms with E-state index >= 15 is 0 Å². The van der Waals surface area contributed by atoms with Gasteiger partial charge in [0.1, 0.15) is 0 Å². The predicted octanol–water partition coefficient (Wildman–Crippen LogP) is 1.35. The number of nitrogens with two attached hydrogens (primary N) is 1. The molecular weight excluding hydrogens is 150 g/mol. The Morgan fingerprint density at radius 1 is 1.42 bits per heavy atom. The molecule has 0 radical (unpaired) electrons. The van der Waals surface area contributed by atoms with Gasteiger partial charge in [-0.25, -0.2) is 4.52 Å². The number of hydrogen-bond acceptors (Lipinski definition) is 2. The van der Waals surface area contributed by atoms with Crippen molar-refractivity contribution in [2.45, 2.75) is 13.0 Å². The second-order valence-corrected chi connectivity index (χ2v) is 2.91. The van der Waals surface area contributed by atoms with Crippen LogP contribution in [0.3, 0.4) is 0 Å². The monoisotopic (exact) mass is 161 g/mol. The van der Waals surface area contributed by atoms with E-state index in [-0.39, 0.29) is 6.04 Å². The van der Waals surface area contributed by atoms with Gasteiger partial charge in [-0.05, 0) is 25.1 Å². The molecule has 0 fully saturated rings. The zero-order valence-electron chi connectivity index (χ0n) is 6.94. The molecule has 0 unspecified atom stereocenters. The number of fused-ring (bicyclic) bond motifs is 1. The Hall–Kier alpha value is -1.35. The van der Waals surface area contributed by atoms with Crippen LogP contribution in [0.1, 0.15) is 18.7 Å². The zero-order valence-corrected chi connectivity index (χ0v) is 6.94. The first-order valence-electron chi connectivity index (χ1n) is 3.97. The van der Waals surface area contributed by atoms with Crippen molar-refractivity contribution in [2.24, 2.45) is 5.73 Å². The summed E-state index contributed by atoms with van der Waals surface area (Å²) < 4.78 is 1.87. The summed E-state index contributed by atoms with van der Waals surface area (Å²) in [5.41, 5.74) is 7.91. The van der Waals surface area contributed by atoms with Gasteiger partial charge >= 0.3 is 0 Å². The average molecular weight is 161 g/mol. The first-order valence-corrected chi connectivity index (χ1v) is 3.97. The molecule has 2 aromatic rings. The van der Waals surface area contributed by atoms with Gasteiger partial charge in [0.15, 0.2) is 0 Å². The minimum absolute atomic E-state index is 0.0219. The number of nitrogens with zero attached hydrogens (tertiary/aromatic N) is 2. The van der Waals surface area contributed by atoms with Gasteiger partial charge in [-0.2, -0.15) is 5.10 Å². The second kappa shape index (κ2) is 2.60. The fourth-order valence-electron chi connectivity index (χ4n) is 1.32. The molecule has 2 heterocycles. The molecule has 3 nitrogen and oxygen atoms in total. The summed E-state index contributed by atoms with van der Waals surface area (Å²) in [5.74, 6) is 0. The first kappa shape index (κ1) is 7.31. The summed E-state index contributed by atoms with van der Waals surface area (Å²) in [5, 5.41) is 4.18. The van der Waals surface area contributed by atoms with Gasteiger partial charge in [-0.3, -0.25) is 0 Å². The maximum absolute atomic E-state index is 5.78. The topological polar surface area (TPSA) is 43.3 Å². The highest BCUT2D eigenvalue weighted by Gasteiger charge is 2.03. The van der Waals surface area contributed by atoms with E-state index in [1.54, 1.807) is 6.20 Å². The molecular formula is C9H11N3. The molecule has 2 N–H and O–H groups in total. The Morgan fingerprint density at radius 3 is 3.00 bits per heavy atom. The quantitative estimate of drug-likeness (QED) is 0.686. The summed E-state index contributed by atoms with van der Waals surface area (Å²) in [6.45, 7) is 1.95. The van der Waals surface area contributed by atoms with Gasteiger partial charge in [-0.1, -0.05) is 6.07 Å². The molecule has 0 bridgehead atoms. The Bertz CT molecular complexity index is 389. The number of aromatic nitrogens is 2. The molecule has 0 spiro atoms. The predicted molar refractivity (Wildman–Crippen MR) is 47.8 cm³/mol. The van der Waals surface area contributed by atoms with E-state index in [2.05, 4.69) is 5.10 Å². The molecule has 0 aromatic carbocycles. The van der Waals surface area contributed by atoms with Crippen molar-refractivity contribution in [2.75, 3.05) is 0 Å². The third-order valence-electron chi connectivity index (χ3n) is 1.92. The molecule has 62 valence electrons. The van der Waals surface area contributed by atoms with Crippen LogP contribution in [0.5, 0.6) is 0 Å². The minimum Gasteiger partial charge on any atom is -0.323 e. The largest absolute Gasteiger partial charge is 0.323 e. The van der Waals surface area contributed by atoms with Gasteiger partial charge in [-0.15, -0.1) is 0 Å². The van der Waals surface area contributed by atoms with Crippen molar-refractivity contribution in [3.8, 4) is 0 Å². The van der Waals surface area contributed by atoms with E-state index in [9.17, 15) is 0 Å². The molecule has 0 saturated carbocycles. The van der Waals surface area contributed by atoms with Crippen LogP contribution in [0.4, 0.5) is 0 Å². The molecule has 0 aliphatic rings. The Labute approximate surface area is 70.8 Å². The van der Waals surface area contributed by atoms with Gasteiger partial charge in [0.25, 0.3) is 0 Å². The fraction of sp³-hybridized carbons (Fsp3) is 0.222. The van der Waals surface area contributed by atoms with Crippen LogP contribution in [0.25, 0.3) is 5.52 Å². The van der Waals surface area contributed by atoms with Gasteiger partial charge in [0, 0.05) is 12.2 Å². The summed E-state index contributed by atoms with van der Waals surface area (Å²) in [7, 11) is 0. The molecule has 0 aliphatic heterocycles. The molecule has 3 heteroatoms. The van der Waals surface area contributed by atoms with E-state index in [1.807, 2.05) is 35.7 Å². The number of rotatable bonds is 1. The van der Waals surface area contributed by atoms with Crippen molar-refractivity contribution in [1.82, 2.24) is 9.61 Å². The third kappa shape index (κ3) is 0.987. The molecule has 0 aliphatic carbocycles. The Balaban J connectivity index is 2.73. The highest BCUT2D eigenvalue weighted by molar-refractivity contribution is 5.46.